The van der Waals surface area contributed by atoms with E-state index < -0.39 is 6.04 Å². The number of piperidine rings is 2. The van der Waals surface area contributed by atoms with Crippen LogP contribution in [-0.4, -0.2) is 52.6 Å². The molecule has 0 aromatic carbocycles. The fourth-order valence-electron chi connectivity index (χ4n) is 3.60. The number of hydrogen-bond acceptors (Lipinski definition) is 4. The van der Waals surface area contributed by atoms with Crippen molar-refractivity contribution >= 4 is 17.8 Å². The highest BCUT2D eigenvalue weighted by Gasteiger charge is 2.35. The van der Waals surface area contributed by atoms with Crippen molar-refractivity contribution in [3.63, 3.8) is 0 Å². The van der Waals surface area contributed by atoms with Gasteiger partial charge in [0, 0.05) is 31.1 Å². The van der Waals surface area contributed by atoms with Gasteiger partial charge in [-0.15, -0.1) is 0 Å². The number of nitrogens with one attached hydrogen (secondary N) is 1. The Kier molecular flexibility index (Phi) is 5.53. The third-order valence-electron chi connectivity index (χ3n) is 5.18. The Balaban J connectivity index is 1.67. The molecule has 0 aliphatic carbocycles. The molecule has 0 radical (unpaired) electrons. The lowest BCUT2D eigenvalue weighted by Gasteiger charge is -2.39. The van der Waals surface area contributed by atoms with Crippen LogP contribution < -0.4 is 5.32 Å². The predicted molar refractivity (Wildman–Crippen MR) is 99.0 cm³/mol. The van der Waals surface area contributed by atoms with Crippen LogP contribution in [0.4, 0.5) is 10.6 Å². The van der Waals surface area contributed by atoms with Gasteiger partial charge in [-0.25, -0.2) is 4.79 Å². The molecular weight excluding hydrogens is 332 g/mol. The van der Waals surface area contributed by atoms with Gasteiger partial charge >= 0.3 is 6.03 Å². The molecule has 3 amide bonds. The number of carbonyl (C=O) groups is 2. The minimum atomic E-state index is -0.437. The van der Waals surface area contributed by atoms with Gasteiger partial charge in [0.1, 0.15) is 11.8 Å². The number of nitrogens with zero attached hydrogens (tertiary/aromatic N) is 3. The predicted octanol–water partition coefficient (Wildman–Crippen LogP) is 3.37. The molecule has 2 aliphatic rings. The summed E-state index contributed by atoms with van der Waals surface area (Å²) in [6, 6.07) is 1.32. The quantitative estimate of drug-likeness (QED) is 0.875. The lowest BCUT2D eigenvalue weighted by molar-refractivity contribution is -0.121. The van der Waals surface area contributed by atoms with Gasteiger partial charge in [-0.2, -0.15) is 0 Å². The molecule has 3 heterocycles. The molecule has 1 aromatic heterocycles. The van der Waals surface area contributed by atoms with Crippen molar-refractivity contribution in [1.82, 2.24) is 15.0 Å². The standard InChI is InChI=1S/C19H30N4O3/c1-19(2,3)15-13-16(21-26-15)20-17(24)14-9-5-8-12-23(14)18(25)22-10-6-4-7-11-22/h13-14H,4-12H2,1-3H3,(H,20,21,24). The summed E-state index contributed by atoms with van der Waals surface area (Å²) in [5.74, 6) is 0.956. The number of amides is 3. The van der Waals surface area contributed by atoms with E-state index >= 15 is 0 Å². The molecule has 1 unspecified atom stereocenters. The fourth-order valence-corrected chi connectivity index (χ4v) is 3.60. The monoisotopic (exact) mass is 362 g/mol. The average molecular weight is 362 g/mol. The highest BCUT2D eigenvalue weighted by molar-refractivity contribution is 5.96. The Labute approximate surface area is 155 Å². The molecule has 1 atom stereocenters. The topological polar surface area (TPSA) is 78.7 Å². The molecule has 1 N–H and O–H groups in total. The van der Waals surface area contributed by atoms with Gasteiger partial charge in [0.05, 0.1) is 0 Å². The van der Waals surface area contributed by atoms with Crippen LogP contribution in [0, 0.1) is 0 Å². The summed E-state index contributed by atoms with van der Waals surface area (Å²) in [4.78, 5) is 29.3. The van der Waals surface area contributed by atoms with E-state index in [4.69, 9.17) is 4.52 Å². The number of aromatic nitrogens is 1. The summed E-state index contributed by atoms with van der Waals surface area (Å²) in [6.07, 6.45) is 5.86. The summed E-state index contributed by atoms with van der Waals surface area (Å²) in [5, 5.41) is 6.79. The Morgan fingerprint density at radius 3 is 2.46 bits per heavy atom. The van der Waals surface area contributed by atoms with Gasteiger partial charge in [0.15, 0.2) is 5.82 Å². The van der Waals surface area contributed by atoms with Gasteiger partial charge in [0.2, 0.25) is 5.91 Å². The zero-order chi connectivity index (χ0) is 18.7. The first kappa shape index (κ1) is 18.7. The largest absolute Gasteiger partial charge is 0.359 e. The molecule has 1 aromatic rings. The maximum atomic E-state index is 12.9. The minimum absolute atomic E-state index is 0.0000772. The number of hydrogen-bond donors (Lipinski definition) is 1. The summed E-state index contributed by atoms with van der Waals surface area (Å²) >= 11 is 0. The zero-order valence-electron chi connectivity index (χ0n) is 16.1. The van der Waals surface area contributed by atoms with E-state index in [2.05, 4.69) is 10.5 Å². The van der Waals surface area contributed by atoms with Crippen LogP contribution in [0.1, 0.15) is 65.1 Å². The van der Waals surface area contributed by atoms with Gasteiger partial charge < -0.3 is 19.6 Å². The SMILES string of the molecule is CC(C)(C)c1cc(NC(=O)C2CCCCN2C(=O)N2CCCCC2)no1. The molecule has 2 fully saturated rings. The van der Waals surface area contributed by atoms with E-state index in [1.165, 1.54) is 6.42 Å². The minimum Gasteiger partial charge on any atom is -0.359 e. The normalized spacial score (nSPS) is 21.6. The van der Waals surface area contributed by atoms with Gasteiger partial charge in [-0.05, 0) is 38.5 Å². The zero-order valence-corrected chi connectivity index (χ0v) is 16.1. The maximum Gasteiger partial charge on any atom is 0.320 e. The molecule has 0 spiro atoms. The van der Waals surface area contributed by atoms with Gasteiger partial charge in [-0.1, -0.05) is 25.9 Å². The average Bonchev–Trinajstić information content (AvgIpc) is 3.11. The molecular formula is C19H30N4O3. The lowest BCUT2D eigenvalue weighted by atomic mass is 9.93. The number of rotatable bonds is 2. The first-order valence-corrected chi connectivity index (χ1v) is 9.70. The first-order chi connectivity index (χ1) is 12.4. The molecule has 7 nitrogen and oxygen atoms in total. The smallest absolute Gasteiger partial charge is 0.320 e. The van der Waals surface area contributed by atoms with E-state index in [1.807, 2.05) is 25.7 Å². The van der Waals surface area contributed by atoms with Crippen molar-refractivity contribution in [2.45, 2.75) is 70.8 Å². The van der Waals surface area contributed by atoms with Crippen LogP contribution in [0.5, 0.6) is 0 Å². The highest BCUT2D eigenvalue weighted by Crippen LogP contribution is 2.26. The van der Waals surface area contributed by atoms with Crippen molar-refractivity contribution in [1.29, 1.82) is 0 Å². The van der Waals surface area contributed by atoms with Crippen LogP contribution in [0.3, 0.4) is 0 Å². The van der Waals surface area contributed by atoms with E-state index in [0.29, 0.717) is 18.8 Å². The van der Waals surface area contributed by atoms with E-state index in [-0.39, 0.29) is 17.4 Å². The molecule has 144 valence electrons. The Bertz CT molecular complexity index is 643. The molecule has 0 saturated carbocycles. The second-order valence-electron chi connectivity index (χ2n) is 8.35. The number of likely N-dealkylation sites (tertiary alicyclic amines) is 2. The van der Waals surface area contributed by atoms with Crippen molar-refractivity contribution in [3.05, 3.63) is 11.8 Å². The van der Waals surface area contributed by atoms with E-state index in [9.17, 15) is 9.59 Å². The number of urea groups is 1. The van der Waals surface area contributed by atoms with Crippen molar-refractivity contribution in [3.8, 4) is 0 Å². The van der Waals surface area contributed by atoms with E-state index in [0.717, 1.165) is 44.5 Å². The summed E-state index contributed by atoms with van der Waals surface area (Å²) in [7, 11) is 0. The summed E-state index contributed by atoms with van der Waals surface area (Å²) < 4.78 is 5.33. The second-order valence-corrected chi connectivity index (χ2v) is 8.35. The van der Waals surface area contributed by atoms with Gasteiger partial charge in [-0.3, -0.25) is 4.79 Å². The Morgan fingerprint density at radius 2 is 1.81 bits per heavy atom. The van der Waals surface area contributed by atoms with Crippen LogP contribution in [0.15, 0.2) is 10.6 Å². The van der Waals surface area contributed by atoms with Crippen LogP contribution in [0.2, 0.25) is 0 Å². The van der Waals surface area contributed by atoms with Crippen molar-refractivity contribution < 1.29 is 14.1 Å². The van der Waals surface area contributed by atoms with Gasteiger partial charge in [0.25, 0.3) is 0 Å². The molecule has 2 saturated heterocycles. The van der Waals surface area contributed by atoms with Crippen molar-refractivity contribution in [2.75, 3.05) is 25.0 Å². The highest BCUT2D eigenvalue weighted by atomic mass is 16.5. The number of carbonyl (C=O) groups excluding carboxylic acids is 2. The van der Waals surface area contributed by atoms with E-state index in [1.54, 1.807) is 11.0 Å². The second kappa shape index (κ2) is 7.68. The summed E-state index contributed by atoms with van der Waals surface area (Å²) in [5.41, 5.74) is -0.170. The fraction of sp³-hybridized carbons (Fsp3) is 0.737. The molecule has 7 heteroatoms. The third kappa shape index (κ3) is 4.19. The Hall–Kier alpha value is -2.05. The van der Waals surface area contributed by atoms with Crippen LogP contribution in [0.25, 0.3) is 0 Å². The maximum absolute atomic E-state index is 12.9. The summed E-state index contributed by atoms with van der Waals surface area (Å²) in [6.45, 7) is 8.31. The number of anilines is 1. The van der Waals surface area contributed by atoms with Crippen molar-refractivity contribution in [2.24, 2.45) is 0 Å². The lowest BCUT2D eigenvalue weighted by Crippen LogP contribution is -2.55. The molecule has 0 bridgehead atoms. The molecule has 2 aliphatic heterocycles. The molecule has 3 rings (SSSR count). The van der Waals surface area contributed by atoms with Crippen LogP contribution in [-0.2, 0) is 10.2 Å². The molecule has 26 heavy (non-hydrogen) atoms. The van der Waals surface area contributed by atoms with Crippen LogP contribution >= 0.6 is 0 Å². The third-order valence-corrected chi connectivity index (χ3v) is 5.18. The first-order valence-electron chi connectivity index (χ1n) is 9.70. The Morgan fingerprint density at radius 1 is 1.12 bits per heavy atom.